The Morgan fingerprint density at radius 1 is 1.38 bits per heavy atom. The van der Waals surface area contributed by atoms with Crippen molar-refractivity contribution in [1.82, 2.24) is 9.62 Å². The van der Waals surface area contributed by atoms with Gasteiger partial charge in [-0.1, -0.05) is 25.1 Å². The molecule has 1 aromatic carbocycles. The Balaban J connectivity index is 2.22. The first-order valence-corrected chi connectivity index (χ1v) is 8.90. The van der Waals surface area contributed by atoms with Crippen LogP contribution in [0.2, 0.25) is 0 Å². The Kier molecular flexibility index (Phi) is 5.75. The van der Waals surface area contributed by atoms with E-state index in [1.807, 2.05) is 19.1 Å². The highest BCUT2D eigenvalue weighted by Gasteiger charge is 2.30. The van der Waals surface area contributed by atoms with Crippen LogP contribution in [0.15, 0.2) is 29.2 Å². The van der Waals surface area contributed by atoms with Crippen molar-refractivity contribution in [1.29, 1.82) is 0 Å². The fourth-order valence-electron chi connectivity index (χ4n) is 2.45. The Labute approximate surface area is 127 Å². The minimum absolute atomic E-state index is 0.0566. The Bertz CT molecular complexity index is 560. The molecule has 1 saturated heterocycles. The van der Waals surface area contributed by atoms with Gasteiger partial charge < -0.3 is 10.1 Å². The third-order valence-corrected chi connectivity index (χ3v) is 5.50. The number of ether oxygens (including phenoxy) is 1. The van der Waals surface area contributed by atoms with Gasteiger partial charge in [-0.15, -0.1) is 0 Å². The quantitative estimate of drug-likeness (QED) is 0.811. The number of sulfonamides is 1. The normalized spacial score (nSPS) is 20.6. The highest BCUT2D eigenvalue weighted by molar-refractivity contribution is 7.89. The first-order chi connectivity index (χ1) is 10.1. The lowest BCUT2D eigenvalue weighted by molar-refractivity contribution is 0.0101. The van der Waals surface area contributed by atoms with Crippen LogP contribution in [0.25, 0.3) is 0 Å². The molecule has 1 aliphatic rings. The van der Waals surface area contributed by atoms with Gasteiger partial charge in [-0.3, -0.25) is 0 Å². The molecule has 1 aromatic rings. The predicted molar refractivity (Wildman–Crippen MR) is 82.6 cm³/mol. The zero-order valence-corrected chi connectivity index (χ0v) is 13.5. The molecule has 0 amide bonds. The van der Waals surface area contributed by atoms with Crippen LogP contribution in [0, 0.1) is 0 Å². The Morgan fingerprint density at radius 3 is 2.86 bits per heavy atom. The van der Waals surface area contributed by atoms with Crippen molar-refractivity contribution in [3.8, 4) is 0 Å². The van der Waals surface area contributed by atoms with Gasteiger partial charge >= 0.3 is 0 Å². The van der Waals surface area contributed by atoms with Gasteiger partial charge in [0.1, 0.15) is 0 Å². The molecule has 1 aliphatic heterocycles. The molecule has 0 aromatic heterocycles. The molecule has 6 heteroatoms. The third-order valence-electron chi connectivity index (χ3n) is 3.54. The molecule has 21 heavy (non-hydrogen) atoms. The largest absolute Gasteiger partial charge is 0.376 e. The van der Waals surface area contributed by atoms with E-state index in [0.717, 1.165) is 18.5 Å². The lowest BCUT2D eigenvalue weighted by Crippen LogP contribution is -2.44. The van der Waals surface area contributed by atoms with Crippen molar-refractivity contribution in [2.45, 2.75) is 37.8 Å². The number of nitrogens with one attached hydrogen (secondary N) is 1. The van der Waals surface area contributed by atoms with Crippen LogP contribution in [0.3, 0.4) is 0 Å². The van der Waals surface area contributed by atoms with Gasteiger partial charge in [0.25, 0.3) is 0 Å². The molecular weight excluding hydrogens is 288 g/mol. The summed E-state index contributed by atoms with van der Waals surface area (Å²) < 4.78 is 32.6. The fraction of sp³-hybridized carbons (Fsp3) is 0.600. The van der Waals surface area contributed by atoms with Crippen LogP contribution in [0.4, 0.5) is 0 Å². The van der Waals surface area contributed by atoms with Crippen LogP contribution in [-0.2, 0) is 21.3 Å². The molecule has 5 nitrogen and oxygen atoms in total. The topological polar surface area (TPSA) is 58.6 Å². The number of benzene rings is 1. The van der Waals surface area contributed by atoms with E-state index in [4.69, 9.17) is 4.74 Å². The summed E-state index contributed by atoms with van der Waals surface area (Å²) in [4.78, 5) is 0.405. The lowest BCUT2D eigenvalue weighted by atomic mass is 10.2. The molecule has 0 bridgehead atoms. The molecule has 118 valence electrons. The third kappa shape index (κ3) is 4.03. The predicted octanol–water partition coefficient (Wildman–Crippen LogP) is 1.60. The van der Waals surface area contributed by atoms with Crippen molar-refractivity contribution < 1.29 is 13.2 Å². The second-order valence-electron chi connectivity index (χ2n) is 5.33. The second-order valence-corrected chi connectivity index (χ2v) is 7.24. The Hall–Kier alpha value is -0.950. The number of hydrogen-bond acceptors (Lipinski definition) is 4. The van der Waals surface area contributed by atoms with Crippen molar-refractivity contribution in [2.75, 3.05) is 26.2 Å². The number of morpholine rings is 1. The molecule has 1 atom stereocenters. The SMILES string of the molecule is CCCNCc1ccccc1S(=O)(=O)N1CCOC(C)C1. The molecule has 2 rings (SSSR count). The first kappa shape index (κ1) is 16.4. The highest BCUT2D eigenvalue weighted by atomic mass is 32.2. The zero-order chi connectivity index (χ0) is 15.3. The van der Waals surface area contributed by atoms with Gasteiger partial charge in [-0.2, -0.15) is 4.31 Å². The number of nitrogens with zero attached hydrogens (tertiary/aromatic N) is 1. The van der Waals surface area contributed by atoms with E-state index in [1.165, 1.54) is 4.31 Å². The maximum absolute atomic E-state index is 12.8. The van der Waals surface area contributed by atoms with Gasteiger partial charge in [-0.25, -0.2) is 8.42 Å². The Morgan fingerprint density at radius 2 is 2.14 bits per heavy atom. The summed E-state index contributed by atoms with van der Waals surface area (Å²) in [5, 5.41) is 3.27. The minimum atomic E-state index is -3.45. The summed E-state index contributed by atoms with van der Waals surface area (Å²) in [6.45, 7) is 6.73. The maximum atomic E-state index is 12.8. The van der Waals surface area contributed by atoms with Crippen molar-refractivity contribution in [3.05, 3.63) is 29.8 Å². The van der Waals surface area contributed by atoms with Crippen LogP contribution in [0.1, 0.15) is 25.8 Å². The van der Waals surface area contributed by atoms with Crippen LogP contribution < -0.4 is 5.32 Å². The fourth-order valence-corrected chi connectivity index (χ4v) is 4.17. The number of rotatable bonds is 6. The minimum Gasteiger partial charge on any atom is -0.376 e. The van der Waals surface area contributed by atoms with E-state index >= 15 is 0 Å². The van der Waals surface area contributed by atoms with Gasteiger partial charge in [0.15, 0.2) is 0 Å². The van der Waals surface area contributed by atoms with E-state index in [-0.39, 0.29) is 6.10 Å². The summed E-state index contributed by atoms with van der Waals surface area (Å²) >= 11 is 0. The first-order valence-electron chi connectivity index (χ1n) is 7.46. The molecule has 1 heterocycles. The van der Waals surface area contributed by atoms with Gasteiger partial charge in [-0.05, 0) is 31.5 Å². The zero-order valence-electron chi connectivity index (χ0n) is 12.7. The molecule has 1 unspecified atom stereocenters. The summed E-state index contributed by atoms with van der Waals surface area (Å²) in [6.07, 6.45) is 0.967. The smallest absolute Gasteiger partial charge is 0.243 e. The van der Waals surface area contributed by atoms with Crippen LogP contribution in [-0.4, -0.2) is 45.1 Å². The number of hydrogen-bond donors (Lipinski definition) is 1. The maximum Gasteiger partial charge on any atom is 0.243 e. The second kappa shape index (κ2) is 7.35. The van der Waals surface area contributed by atoms with Crippen molar-refractivity contribution >= 4 is 10.0 Å². The van der Waals surface area contributed by atoms with Gasteiger partial charge in [0, 0.05) is 19.6 Å². The molecule has 1 N–H and O–H groups in total. The van der Waals surface area contributed by atoms with E-state index < -0.39 is 10.0 Å². The summed E-state index contributed by atoms with van der Waals surface area (Å²) in [5.74, 6) is 0. The van der Waals surface area contributed by atoms with Gasteiger partial charge in [0.2, 0.25) is 10.0 Å². The van der Waals surface area contributed by atoms with E-state index in [2.05, 4.69) is 12.2 Å². The molecular formula is C15H24N2O3S. The molecule has 0 saturated carbocycles. The van der Waals surface area contributed by atoms with Crippen molar-refractivity contribution in [2.24, 2.45) is 0 Å². The van der Waals surface area contributed by atoms with E-state index in [0.29, 0.717) is 31.1 Å². The molecule has 0 aliphatic carbocycles. The van der Waals surface area contributed by atoms with Gasteiger partial charge in [0.05, 0.1) is 17.6 Å². The highest BCUT2D eigenvalue weighted by Crippen LogP contribution is 2.22. The average Bonchev–Trinajstić information content (AvgIpc) is 2.48. The molecule has 0 spiro atoms. The van der Waals surface area contributed by atoms with Crippen LogP contribution >= 0.6 is 0 Å². The van der Waals surface area contributed by atoms with Crippen LogP contribution in [0.5, 0.6) is 0 Å². The van der Waals surface area contributed by atoms with E-state index in [1.54, 1.807) is 12.1 Å². The lowest BCUT2D eigenvalue weighted by Gasteiger charge is -2.30. The monoisotopic (exact) mass is 312 g/mol. The summed E-state index contributed by atoms with van der Waals surface area (Å²) in [7, 11) is -3.45. The standard InChI is InChI=1S/C15H24N2O3S/c1-3-8-16-11-14-6-4-5-7-15(14)21(18,19)17-9-10-20-13(2)12-17/h4-7,13,16H,3,8-12H2,1-2H3. The molecule has 1 fully saturated rings. The van der Waals surface area contributed by atoms with Crippen molar-refractivity contribution in [3.63, 3.8) is 0 Å². The average molecular weight is 312 g/mol. The van der Waals surface area contributed by atoms with E-state index in [9.17, 15) is 8.42 Å². The summed E-state index contributed by atoms with van der Waals surface area (Å²) in [5.41, 5.74) is 0.824. The summed E-state index contributed by atoms with van der Waals surface area (Å²) in [6, 6.07) is 7.22. The molecule has 0 radical (unpaired) electrons.